The van der Waals surface area contributed by atoms with Gasteiger partial charge in [0.25, 0.3) is 20.2 Å². The Bertz CT molecular complexity index is 1360. The first kappa shape index (κ1) is 40.0. The summed E-state index contributed by atoms with van der Waals surface area (Å²) in [5.41, 5.74) is -0.00322. The lowest BCUT2D eigenvalue weighted by Gasteiger charge is -2.53. The van der Waals surface area contributed by atoms with Crippen LogP contribution in [0.25, 0.3) is 0 Å². The summed E-state index contributed by atoms with van der Waals surface area (Å²) in [5, 5.41) is 0.423. The zero-order chi connectivity index (χ0) is 34.3. The molecule has 0 fully saturated rings. The Kier molecular flexibility index (Phi) is 12.8. The van der Waals surface area contributed by atoms with Gasteiger partial charge in [-0.15, -0.1) is 6.58 Å². The van der Waals surface area contributed by atoms with Gasteiger partial charge >= 0.3 is 0 Å². The molecule has 2 N–H and O–H groups in total. The second-order valence-corrected chi connectivity index (χ2v) is 28.7. The van der Waals surface area contributed by atoms with Crippen LogP contribution in [0.15, 0.2) is 41.8 Å². The Morgan fingerprint density at radius 1 is 0.860 bits per heavy atom. The third kappa shape index (κ3) is 6.75. The topological polar surface area (TPSA) is 109 Å². The van der Waals surface area contributed by atoms with Gasteiger partial charge in [-0.25, -0.2) is 0 Å². The van der Waals surface area contributed by atoms with Crippen molar-refractivity contribution in [3.8, 4) is 0 Å². The highest BCUT2D eigenvalue weighted by Gasteiger charge is 2.62. The molecular weight excluding hydrogens is 613 g/mol. The molecule has 1 rings (SSSR count). The third-order valence-electron chi connectivity index (χ3n) is 10.5. The maximum absolute atomic E-state index is 14.5. The normalized spacial score (nSPS) is 15.4. The molecular formula is C33H60O6S2Si2. The first-order valence-electron chi connectivity index (χ1n) is 15.7. The van der Waals surface area contributed by atoms with E-state index in [9.17, 15) is 25.9 Å². The molecule has 248 valence electrons. The van der Waals surface area contributed by atoms with E-state index in [4.69, 9.17) is 0 Å². The van der Waals surface area contributed by atoms with Crippen molar-refractivity contribution in [1.29, 1.82) is 0 Å². The van der Waals surface area contributed by atoms with Gasteiger partial charge in [0.15, 0.2) is 0 Å². The molecule has 0 aliphatic carbocycles. The van der Waals surface area contributed by atoms with E-state index in [0.29, 0.717) is 21.9 Å². The molecule has 1 unspecified atom stereocenters. The maximum atomic E-state index is 14.5. The smallest absolute Gasteiger partial charge is 0.285 e. The van der Waals surface area contributed by atoms with Gasteiger partial charge in [-0.05, 0) is 56.3 Å². The molecule has 6 nitrogen and oxygen atoms in total. The first-order valence-corrected chi connectivity index (χ1v) is 22.7. The van der Waals surface area contributed by atoms with Crippen LogP contribution in [0.3, 0.4) is 0 Å². The molecule has 1 aromatic carbocycles. The molecule has 1 atom stereocenters. The van der Waals surface area contributed by atoms with Crippen LogP contribution < -0.4 is 5.19 Å². The average Bonchev–Trinajstić information content (AvgIpc) is 2.79. The van der Waals surface area contributed by atoms with E-state index >= 15 is 0 Å². The highest BCUT2D eigenvalue weighted by Crippen LogP contribution is 2.55. The highest BCUT2D eigenvalue weighted by molar-refractivity contribution is 7.89. The fraction of sp³-hybridized carbons (Fsp3) is 0.697. The lowest BCUT2D eigenvalue weighted by atomic mass is 9.73. The summed E-state index contributed by atoms with van der Waals surface area (Å²) in [4.78, 5) is -0.212. The summed E-state index contributed by atoms with van der Waals surface area (Å²) in [5.74, 6) is -0.0399. The van der Waals surface area contributed by atoms with E-state index in [1.807, 2.05) is 55.4 Å². The van der Waals surface area contributed by atoms with Crippen LogP contribution in [0.1, 0.15) is 108 Å². The van der Waals surface area contributed by atoms with Crippen LogP contribution in [0.2, 0.25) is 27.7 Å². The minimum Gasteiger partial charge on any atom is -0.285 e. The van der Waals surface area contributed by atoms with E-state index in [0.717, 1.165) is 0 Å². The van der Waals surface area contributed by atoms with Crippen molar-refractivity contribution in [2.75, 3.05) is 0 Å². The van der Waals surface area contributed by atoms with Crippen LogP contribution in [0, 0.1) is 11.3 Å². The summed E-state index contributed by atoms with van der Waals surface area (Å²) in [7, 11) is -15.6. The Labute approximate surface area is 267 Å². The van der Waals surface area contributed by atoms with Crippen molar-refractivity contribution in [2.45, 2.75) is 140 Å². The minimum atomic E-state index is -4.94. The van der Waals surface area contributed by atoms with Gasteiger partial charge in [-0.2, -0.15) is 16.8 Å². The summed E-state index contributed by atoms with van der Waals surface area (Å²) >= 11 is 0. The van der Waals surface area contributed by atoms with Gasteiger partial charge in [-0.1, -0.05) is 133 Å². The van der Waals surface area contributed by atoms with Gasteiger partial charge < -0.3 is 0 Å². The zero-order valence-electron chi connectivity index (χ0n) is 29.2. The molecule has 0 saturated carbocycles. The molecule has 0 spiro atoms. The molecule has 0 radical (unpaired) electrons. The van der Waals surface area contributed by atoms with Crippen molar-refractivity contribution in [2.24, 2.45) is 11.3 Å². The minimum absolute atomic E-state index is 0.0329. The second-order valence-electron chi connectivity index (χ2n) is 14.9. The number of benzene rings is 1. The predicted molar refractivity (Wildman–Crippen MR) is 189 cm³/mol. The maximum Gasteiger partial charge on any atom is 0.294 e. The second kappa shape index (κ2) is 13.7. The zero-order valence-corrected chi connectivity index (χ0v) is 33.0. The van der Waals surface area contributed by atoms with E-state index in [-0.39, 0.29) is 44.9 Å². The summed E-state index contributed by atoms with van der Waals surface area (Å²) in [6.07, 6.45) is 1.77. The first-order chi connectivity index (χ1) is 19.2. The molecule has 0 aromatic heterocycles. The summed E-state index contributed by atoms with van der Waals surface area (Å²) < 4.78 is 77.1. The van der Waals surface area contributed by atoms with Crippen molar-refractivity contribution in [1.82, 2.24) is 0 Å². The fourth-order valence-electron chi connectivity index (χ4n) is 8.39. The average molecular weight is 673 g/mol. The van der Waals surface area contributed by atoms with Gasteiger partial charge in [-0.3, -0.25) is 9.11 Å². The van der Waals surface area contributed by atoms with E-state index in [1.165, 1.54) is 0 Å². The summed E-state index contributed by atoms with van der Waals surface area (Å²) in [6.45, 7) is 36.8. The van der Waals surface area contributed by atoms with Crippen LogP contribution in [-0.4, -0.2) is 42.8 Å². The quantitative estimate of drug-likeness (QED) is 0.110. The Morgan fingerprint density at radius 2 is 1.28 bits per heavy atom. The van der Waals surface area contributed by atoms with E-state index < -0.39 is 46.9 Å². The number of hydrogen-bond acceptors (Lipinski definition) is 4. The van der Waals surface area contributed by atoms with Crippen LogP contribution >= 0.6 is 0 Å². The van der Waals surface area contributed by atoms with Crippen LogP contribution in [0.4, 0.5) is 0 Å². The Morgan fingerprint density at radius 3 is 1.56 bits per heavy atom. The van der Waals surface area contributed by atoms with Crippen molar-refractivity contribution < 1.29 is 25.9 Å². The number of rotatable bonds is 15. The van der Waals surface area contributed by atoms with Gasteiger partial charge in [0.05, 0.1) is 21.8 Å². The van der Waals surface area contributed by atoms with Gasteiger partial charge in [0.1, 0.15) is 4.37 Å². The fourth-order valence-corrected chi connectivity index (χ4v) is 26.2. The molecule has 1 aromatic rings. The molecule has 0 aliphatic rings. The molecule has 10 heteroatoms. The molecule has 0 heterocycles. The standard InChI is InChI=1S/C33H60O6S2Si2/c1-17-18-28-19-20-29(31(30(28)40(34,35)36)43(24(8)9,25(10)11)26(12)13)33(41(37,38)39,42(22(4)5)23(6)7)27(14)32(15,16)21(2)3/h17,19-26,42H,1,14,18H2,2-13,15-16H3,(H,34,35,36)(H,37,38,39). The SMILES string of the molecule is C=CCc1ccc(C(C(=C)C(C)(C)C(C)C)([SiH](C(C)C)C(C)C)S(=O)(=O)O)c([Si](C(C)C)(C(C)C)C(C)C)c1S(=O)(=O)O. The van der Waals surface area contributed by atoms with Crippen LogP contribution in [-0.2, 0) is 31.0 Å². The van der Waals surface area contributed by atoms with Crippen molar-refractivity contribution in [3.63, 3.8) is 0 Å². The molecule has 0 saturated heterocycles. The monoisotopic (exact) mass is 672 g/mol. The van der Waals surface area contributed by atoms with Gasteiger partial charge in [0.2, 0.25) is 0 Å². The predicted octanol–water partition coefficient (Wildman–Crippen LogP) is 8.46. The highest BCUT2D eigenvalue weighted by atomic mass is 32.2. The Hall–Kier alpha value is -1.05. The van der Waals surface area contributed by atoms with E-state index in [2.05, 4.69) is 54.7 Å². The lowest BCUT2D eigenvalue weighted by Crippen LogP contribution is -2.65. The largest absolute Gasteiger partial charge is 0.294 e. The lowest BCUT2D eigenvalue weighted by molar-refractivity contribution is 0.293. The molecule has 0 aliphatic heterocycles. The molecule has 0 amide bonds. The number of allylic oxidation sites excluding steroid dienone is 1. The third-order valence-corrected chi connectivity index (χ3v) is 26.3. The van der Waals surface area contributed by atoms with Crippen LogP contribution in [0.5, 0.6) is 0 Å². The summed E-state index contributed by atoms with van der Waals surface area (Å²) in [6, 6.07) is 3.36. The number of hydrogen-bond donors (Lipinski definition) is 2. The van der Waals surface area contributed by atoms with Crippen molar-refractivity contribution >= 4 is 42.3 Å². The van der Waals surface area contributed by atoms with Crippen molar-refractivity contribution in [3.05, 3.63) is 48.1 Å². The van der Waals surface area contributed by atoms with Gasteiger partial charge in [0, 0.05) is 0 Å². The van der Waals surface area contributed by atoms with E-state index in [1.54, 1.807) is 18.2 Å². The molecule has 0 bridgehead atoms. The molecule has 43 heavy (non-hydrogen) atoms. The Balaban J connectivity index is 5.24.